The van der Waals surface area contributed by atoms with Crippen LogP contribution in [-0.4, -0.2) is 75.1 Å². The summed E-state index contributed by atoms with van der Waals surface area (Å²) in [7, 11) is 1.55. The number of carbonyl (C=O) groups is 2. The predicted molar refractivity (Wildman–Crippen MR) is 122 cm³/mol. The molecule has 10 heteroatoms. The van der Waals surface area contributed by atoms with Crippen LogP contribution in [0.3, 0.4) is 0 Å². The van der Waals surface area contributed by atoms with Crippen LogP contribution in [0.2, 0.25) is 0 Å². The normalized spacial score (nSPS) is 10.6. The second-order valence-corrected chi connectivity index (χ2v) is 6.85. The summed E-state index contributed by atoms with van der Waals surface area (Å²) in [5, 5.41) is 17.6. The molecule has 2 N–H and O–H groups in total. The van der Waals surface area contributed by atoms with Gasteiger partial charge in [0.2, 0.25) is 0 Å². The van der Waals surface area contributed by atoms with Gasteiger partial charge in [0.15, 0.2) is 5.65 Å². The molecule has 0 atom stereocenters. The molecule has 2 heterocycles. The van der Waals surface area contributed by atoms with Crippen LogP contribution < -0.4 is 10.1 Å². The first-order chi connectivity index (χ1) is 15.0. The van der Waals surface area contributed by atoms with E-state index in [1.54, 1.807) is 32.2 Å². The Hall–Kier alpha value is -3.14. The molecule has 0 aliphatic carbocycles. The first-order valence-corrected chi connectivity index (χ1v) is 9.51. The van der Waals surface area contributed by atoms with Gasteiger partial charge in [0.05, 0.1) is 29.4 Å². The van der Waals surface area contributed by atoms with Crippen molar-refractivity contribution in [2.75, 3.05) is 19.0 Å². The van der Waals surface area contributed by atoms with Gasteiger partial charge in [0.1, 0.15) is 18.9 Å². The van der Waals surface area contributed by atoms with Gasteiger partial charge in [0, 0.05) is 5.39 Å². The number of fused-ring (bicyclic) bond motifs is 2. The molecule has 0 radical (unpaired) electrons. The van der Waals surface area contributed by atoms with E-state index in [-0.39, 0.29) is 48.4 Å². The minimum absolute atomic E-state index is 0. The summed E-state index contributed by atoms with van der Waals surface area (Å²) in [6.07, 6.45) is -0.675. The van der Waals surface area contributed by atoms with Crippen LogP contribution in [0, 0.1) is 6.92 Å². The van der Waals surface area contributed by atoms with Crippen molar-refractivity contribution in [3.05, 3.63) is 59.8 Å². The van der Waals surface area contributed by atoms with Crippen molar-refractivity contribution in [1.82, 2.24) is 14.8 Å². The zero-order valence-electron chi connectivity index (χ0n) is 17.0. The van der Waals surface area contributed by atoms with Crippen molar-refractivity contribution in [3.63, 3.8) is 0 Å². The minimum atomic E-state index is -1.02. The van der Waals surface area contributed by atoms with E-state index in [1.165, 1.54) is 0 Å². The summed E-state index contributed by atoms with van der Waals surface area (Å²) in [6.45, 7) is 1.51. The zero-order valence-corrected chi connectivity index (χ0v) is 17.0. The van der Waals surface area contributed by atoms with Crippen molar-refractivity contribution < 1.29 is 24.2 Å². The predicted octanol–water partition coefficient (Wildman–Crippen LogP) is 2.93. The molecule has 2 aromatic carbocycles. The molecule has 0 saturated heterocycles. The van der Waals surface area contributed by atoms with E-state index in [0.717, 1.165) is 10.2 Å². The molecule has 4 rings (SSSR count). The number of aromatic nitrogens is 3. The van der Waals surface area contributed by atoms with E-state index in [9.17, 15) is 9.59 Å². The maximum absolute atomic E-state index is 12.8. The van der Waals surface area contributed by atoms with Gasteiger partial charge in [-0.3, -0.25) is 4.79 Å². The van der Waals surface area contributed by atoms with Crippen molar-refractivity contribution in [2.24, 2.45) is 0 Å². The van der Waals surface area contributed by atoms with Gasteiger partial charge in [0.25, 0.3) is 0 Å². The number of nitrogens with one attached hydrogen (secondary N) is 1. The molecule has 4 aromatic rings. The molecule has 32 heavy (non-hydrogen) atoms. The molecule has 9 nitrogen and oxygen atoms in total. The number of anilines is 1. The van der Waals surface area contributed by atoms with Crippen LogP contribution in [0.1, 0.15) is 11.3 Å². The Morgan fingerprint density at radius 2 is 1.91 bits per heavy atom. The van der Waals surface area contributed by atoms with E-state index in [2.05, 4.69) is 15.4 Å². The van der Waals surface area contributed by atoms with Crippen LogP contribution in [0.4, 0.5) is 10.5 Å². The second-order valence-electron chi connectivity index (χ2n) is 6.85. The fourth-order valence-electron chi connectivity index (χ4n) is 3.36. The van der Waals surface area contributed by atoms with E-state index in [4.69, 9.17) is 14.6 Å². The van der Waals surface area contributed by atoms with Crippen molar-refractivity contribution in [3.8, 4) is 5.75 Å². The third-order valence-electron chi connectivity index (χ3n) is 4.78. The number of hydrogen-bond donors (Lipinski definition) is 2. The van der Waals surface area contributed by atoms with E-state index < -0.39 is 12.1 Å². The molecule has 0 spiro atoms. The number of aryl methyl sites for hydroxylation is 1. The number of methoxy groups -OCH3 is 1. The molecule has 0 saturated carbocycles. The molecule has 160 valence electrons. The molecule has 0 aliphatic heterocycles. The second kappa shape index (κ2) is 9.99. The Morgan fingerprint density at radius 1 is 1.16 bits per heavy atom. The summed E-state index contributed by atoms with van der Waals surface area (Å²) in [5.74, 6) is -0.423. The van der Waals surface area contributed by atoms with Gasteiger partial charge in [-0.15, -0.1) is 4.68 Å². The van der Waals surface area contributed by atoms with Gasteiger partial charge in [-0.2, -0.15) is 5.10 Å². The Labute approximate surface area is 205 Å². The molecular formula is C22H21N4NaO5. The molecule has 0 fully saturated rings. The number of carboxylic acids is 1. The SMILES string of the molecule is COc1ccc2nc3c(c(C)nn3C(=O)OCc3ccccc3)c(NCC(=O)O)c2c1.[NaH]. The van der Waals surface area contributed by atoms with Gasteiger partial charge < -0.3 is 19.9 Å². The Morgan fingerprint density at radius 3 is 2.59 bits per heavy atom. The Kier molecular flexibility index (Phi) is 7.34. The average molecular weight is 444 g/mol. The first-order valence-electron chi connectivity index (χ1n) is 9.51. The number of carbonyl (C=O) groups excluding carboxylic acids is 1. The number of nitrogens with zero attached hydrogens (tertiary/aromatic N) is 3. The van der Waals surface area contributed by atoms with Crippen molar-refractivity contribution in [1.29, 1.82) is 0 Å². The summed E-state index contributed by atoms with van der Waals surface area (Å²) in [5.41, 5.74) is 2.70. The number of benzene rings is 2. The molecule has 0 amide bonds. The van der Waals surface area contributed by atoms with E-state index >= 15 is 0 Å². The van der Waals surface area contributed by atoms with Gasteiger partial charge in [-0.1, -0.05) is 30.3 Å². The average Bonchev–Trinajstić information content (AvgIpc) is 3.11. The fraction of sp³-hybridized carbons (Fsp3) is 0.182. The molecule has 2 aromatic heterocycles. The number of rotatable bonds is 6. The van der Waals surface area contributed by atoms with Gasteiger partial charge in [-0.25, -0.2) is 9.78 Å². The number of carboxylic acid groups (broad SMARTS) is 1. The third-order valence-corrected chi connectivity index (χ3v) is 4.78. The van der Waals surface area contributed by atoms with Crippen LogP contribution in [-0.2, 0) is 16.1 Å². The van der Waals surface area contributed by atoms with Crippen LogP contribution in [0.15, 0.2) is 48.5 Å². The Balaban J connectivity index is 0.00000289. The monoisotopic (exact) mass is 444 g/mol. The van der Waals surface area contributed by atoms with Gasteiger partial charge >= 0.3 is 41.6 Å². The topological polar surface area (TPSA) is 116 Å². The quantitative estimate of drug-likeness (QED) is 0.436. The zero-order chi connectivity index (χ0) is 22.0. The van der Waals surface area contributed by atoms with E-state index in [0.29, 0.717) is 33.4 Å². The van der Waals surface area contributed by atoms with Crippen LogP contribution in [0.5, 0.6) is 5.75 Å². The first kappa shape index (κ1) is 23.5. The summed E-state index contributed by atoms with van der Waals surface area (Å²) < 4.78 is 11.8. The number of aliphatic carboxylic acids is 1. The number of ether oxygens (including phenoxy) is 2. The van der Waals surface area contributed by atoms with Gasteiger partial charge in [-0.05, 0) is 30.7 Å². The third kappa shape index (κ3) is 4.69. The van der Waals surface area contributed by atoms with E-state index in [1.807, 2.05) is 30.3 Å². The van der Waals surface area contributed by atoms with Crippen molar-refractivity contribution >= 4 is 69.2 Å². The Bertz CT molecular complexity index is 1290. The molecule has 0 bridgehead atoms. The molecule has 0 unspecified atom stereocenters. The van der Waals surface area contributed by atoms with Crippen molar-refractivity contribution in [2.45, 2.75) is 13.5 Å². The maximum atomic E-state index is 12.8. The summed E-state index contributed by atoms with van der Waals surface area (Å²) in [6, 6.07) is 14.5. The standard InChI is InChI=1S/C22H20N4O5.Na.H/c1-13-19-20(23-11-18(27)28)16-10-15(30-2)8-9-17(16)24-21(19)26(25-13)22(29)31-12-14-6-4-3-5-7-14;;/h3-10H,11-12H2,1-2H3,(H,23,24)(H,27,28);;. The fourth-order valence-corrected chi connectivity index (χ4v) is 3.36. The van der Waals surface area contributed by atoms with Crippen LogP contribution in [0.25, 0.3) is 21.9 Å². The number of hydrogen-bond acceptors (Lipinski definition) is 7. The number of pyridine rings is 1. The molecule has 0 aliphatic rings. The summed E-state index contributed by atoms with van der Waals surface area (Å²) in [4.78, 5) is 28.5. The summed E-state index contributed by atoms with van der Waals surface area (Å²) >= 11 is 0. The molecular weight excluding hydrogens is 423 g/mol. The van der Waals surface area contributed by atoms with Crippen LogP contribution >= 0.6 is 0 Å².